The van der Waals surface area contributed by atoms with Gasteiger partial charge in [0.2, 0.25) is 0 Å². The van der Waals surface area contributed by atoms with Crippen LogP contribution in [0.25, 0.3) is 11.0 Å². The number of esters is 1. The number of carboxylic acid groups (broad SMARTS) is 1. The van der Waals surface area contributed by atoms with E-state index in [9.17, 15) is 14.7 Å². The highest BCUT2D eigenvalue weighted by Crippen LogP contribution is 2.38. The number of carbonyl (C=O) groups is 2. The molecule has 1 unspecified atom stereocenters. The second kappa shape index (κ2) is 8.81. The van der Waals surface area contributed by atoms with E-state index < -0.39 is 23.4 Å². The van der Waals surface area contributed by atoms with Crippen LogP contribution in [0, 0.1) is 5.41 Å². The molecule has 2 aromatic carbocycles. The van der Waals surface area contributed by atoms with Gasteiger partial charge in [0.1, 0.15) is 6.04 Å². The van der Waals surface area contributed by atoms with Crippen LogP contribution in [0.3, 0.4) is 0 Å². The molecule has 0 radical (unpaired) electrons. The maximum Gasteiger partial charge on any atom is 0.337 e. The van der Waals surface area contributed by atoms with E-state index in [4.69, 9.17) is 9.72 Å². The lowest BCUT2D eigenvalue weighted by atomic mass is 9.86. The molecule has 3 aromatic rings. The van der Waals surface area contributed by atoms with Crippen LogP contribution in [0.1, 0.15) is 42.7 Å². The third-order valence-electron chi connectivity index (χ3n) is 4.62. The van der Waals surface area contributed by atoms with Crippen molar-refractivity contribution in [2.24, 2.45) is 5.41 Å². The Hall–Kier alpha value is -2.32. The summed E-state index contributed by atoms with van der Waals surface area (Å²) in [4.78, 5) is 28.8. The molecule has 0 saturated carbocycles. The highest BCUT2D eigenvalue weighted by molar-refractivity contribution is 9.10. The molecule has 6 nitrogen and oxygen atoms in total. The van der Waals surface area contributed by atoms with E-state index in [1.807, 2.05) is 55.7 Å². The van der Waals surface area contributed by atoms with E-state index in [0.717, 1.165) is 21.1 Å². The summed E-state index contributed by atoms with van der Waals surface area (Å²) in [5, 5.41) is 10.6. The maximum absolute atomic E-state index is 12.2. The second-order valence-corrected chi connectivity index (χ2v) is 9.85. The molecule has 30 heavy (non-hydrogen) atoms. The van der Waals surface area contributed by atoms with Gasteiger partial charge in [-0.05, 0) is 41.3 Å². The Kier molecular flexibility index (Phi) is 6.57. The fourth-order valence-electron chi connectivity index (χ4n) is 3.36. The number of para-hydroxylation sites is 2. The van der Waals surface area contributed by atoms with Crippen LogP contribution in [0.15, 0.2) is 52.1 Å². The highest BCUT2D eigenvalue weighted by atomic mass is 79.9. The standard InChI is InChI=1S/C22H23BrN2O4S/c1-22(2,3)18(19(26)27)25-17-8-6-5-7-16(17)24-21(25)30-12-13-9-14(20(28)29-4)11-15(23)10-13/h5-11,18H,12H2,1-4H3,(H,26,27). The van der Waals surface area contributed by atoms with Crippen molar-refractivity contribution in [3.05, 3.63) is 58.1 Å². The lowest BCUT2D eigenvalue weighted by molar-refractivity contribution is -0.144. The summed E-state index contributed by atoms with van der Waals surface area (Å²) in [6, 6.07) is 12.2. The van der Waals surface area contributed by atoms with Crippen LogP contribution < -0.4 is 0 Å². The fraction of sp³-hybridized carbons (Fsp3) is 0.318. The normalized spacial score (nSPS) is 12.7. The number of benzene rings is 2. The number of carbonyl (C=O) groups excluding carboxylic acids is 1. The van der Waals surface area contributed by atoms with Crippen LogP contribution in [-0.2, 0) is 15.3 Å². The summed E-state index contributed by atoms with van der Waals surface area (Å²) in [6.45, 7) is 5.73. The molecule has 158 valence electrons. The number of ether oxygens (including phenoxy) is 1. The number of imidazole rings is 1. The number of carboxylic acids is 1. The average molecular weight is 491 g/mol. The molecular formula is C22H23BrN2O4S. The molecule has 3 rings (SSSR count). The van der Waals surface area contributed by atoms with Crippen molar-refractivity contribution in [2.45, 2.75) is 37.7 Å². The number of rotatable bonds is 6. The van der Waals surface area contributed by atoms with Crippen molar-refractivity contribution in [1.82, 2.24) is 9.55 Å². The average Bonchev–Trinajstić information content (AvgIpc) is 3.02. The SMILES string of the molecule is COC(=O)c1cc(Br)cc(CSc2nc3ccccc3n2C(C(=O)O)C(C)(C)C)c1. The molecule has 0 fully saturated rings. The Morgan fingerprint density at radius 2 is 1.93 bits per heavy atom. The van der Waals surface area contributed by atoms with Crippen LogP contribution in [0.5, 0.6) is 0 Å². The van der Waals surface area contributed by atoms with Gasteiger partial charge in [0.25, 0.3) is 0 Å². The number of halogens is 1. The molecule has 8 heteroatoms. The zero-order chi connectivity index (χ0) is 22.1. The topological polar surface area (TPSA) is 81.4 Å². The summed E-state index contributed by atoms with van der Waals surface area (Å²) in [5.74, 6) is -0.792. The summed E-state index contributed by atoms with van der Waals surface area (Å²) in [5.41, 5.74) is 2.37. The monoisotopic (exact) mass is 490 g/mol. The van der Waals surface area contributed by atoms with Gasteiger partial charge in [-0.1, -0.05) is 60.6 Å². The van der Waals surface area contributed by atoms with Gasteiger partial charge >= 0.3 is 11.9 Å². The minimum Gasteiger partial charge on any atom is -0.480 e. The fourth-order valence-corrected chi connectivity index (χ4v) is 4.87. The van der Waals surface area contributed by atoms with Gasteiger partial charge in [-0.25, -0.2) is 14.6 Å². The molecule has 0 aliphatic rings. The van der Waals surface area contributed by atoms with Gasteiger partial charge in [-0.15, -0.1) is 0 Å². The Bertz CT molecular complexity index is 1100. The van der Waals surface area contributed by atoms with Crippen molar-refractivity contribution in [3.8, 4) is 0 Å². The predicted octanol–water partition coefficient (Wildman–Crippen LogP) is 5.55. The van der Waals surface area contributed by atoms with Gasteiger partial charge in [-0.2, -0.15) is 0 Å². The Morgan fingerprint density at radius 1 is 1.23 bits per heavy atom. The van der Waals surface area contributed by atoms with Crippen LogP contribution in [0.4, 0.5) is 0 Å². The quantitative estimate of drug-likeness (QED) is 0.360. The van der Waals surface area contributed by atoms with Crippen molar-refractivity contribution >= 4 is 50.7 Å². The minimum absolute atomic E-state index is 0.409. The largest absolute Gasteiger partial charge is 0.480 e. The maximum atomic E-state index is 12.2. The number of aliphatic carboxylic acids is 1. The summed E-state index contributed by atoms with van der Waals surface area (Å²) < 4.78 is 7.39. The number of fused-ring (bicyclic) bond motifs is 1. The molecule has 0 bridgehead atoms. The molecule has 1 N–H and O–H groups in total. The Morgan fingerprint density at radius 3 is 2.57 bits per heavy atom. The van der Waals surface area contributed by atoms with E-state index in [2.05, 4.69) is 15.9 Å². The van der Waals surface area contributed by atoms with Gasteiger partial charge < -0.3 is 14.4 Å². The first-order chi connectivity index (χ1) is 14.1. The highest BCUT2D eigenvalue weighted by Gasteiger charge is 2.35. The molecule has 0 aliphatic carbocycles. The number of methoxy groups -OCH3 is 1. The lowest BCUT2D eigenvalue weighted by Crippen LogP contribution is -2.31. The second-order valence-electron chi connectivity index (χ2n) is 7.99. The number of thioether (sulfide) groups is 1. The summed E-state index contributed by atoms with van der Waals surface area (Å²) >= 11 is 4.87. The lowest BCUT2D eigenvalue weighted by Gasteiger charge is -2.29. The van der Waals surface area contributed by atoms with E-state index in [1.54, 1.807) is 12.1 Å². The van der Waals surface area contributed by atoms with E-state index in [0.29, 0.717) is 16.5 Å². The molecule has 0 amide bonds. The number of aromatic nitrogens is 2. The van der Waals surface area contributed by atoms with Crippen LogP contribution >= 0.6 is 27.7 Å². The van der Waals surface area contributed by atoms with E-state index >= 15 is 0 Å². The first-order valence-corrected chi connectivity index (χ1v) is 11.1. The third kappa shape index (κ3) is 4.70. The van der Waals surface area contributed by atoms with Crippen molar-refractivity contribution in [3.63, 3.8) is 0 Å². The smallest absolute Gasteiger partial charge is 0.337 e. The third-order valence-corrected chi connectivity index (χ3v) is 6.10. The van der Waals surface area contributed by atoms with Crippen LogP contribution in [-0.4, -0.2) is 33.7 Å². The Balaban J connectivity index is 2.02. The predicted molar refractivity (Wildman–Crippen MR) is 121 cm³/mol. The van der Waals surface area contributed by atoms with Gasteiger partial charge in [0, 0.05) is 10.2 Å². The van der Waals surface area contributed by atoms with Crippen molar-refractivity contribution in [1.29, 1.82) is 0 Å². The molecule has 1 heterocycles. The van der Waals surface area contributed by atoms with Crippen LogP contribution in [0.2, 0.25) is 0 Å². The molecular weight excluding hydrogens is 468 g/mol. The summed E-state index contributed by atoms with van der Waals surface area (Å²) in [7, 11) is 1.35. The summed E-state index contributed by atoms with van der Waals surface area (Å²) in [6.07, 6.45) is 0. The number of hydrogen-bond acceptors (Lipinski definition) is 5. The Labute approximate surface area is 187 Å². The number of hydrogen-bond donors (Lipinski definition) is 1. The molecule has 0 spiro atoms. The first-order valence-electron chi connectivity index (χ1n) is 9.32. The zero-order valence-corrected chi connectivity index (χ0v) is 19.6. The van der Waals surface area contributed by atoms with Crippen molar-refractivity contribution < 1.29 is 19.4 Å². The number of nitrogens with zero attached hydrogens (tertiary/aromatic N) is 2. The van der Waals surface area contributed by atoms with Gasteiger partial charge in [0.05, 0.1) is 23.7 Å². The molecule has 0 saturated heterocycles. The minimum atomic E-state index is -0.900. The van der Waals surface area contributed by atoms with Crippen molar-refractivity contribution in [2.75, 3.05) is 7.11 Å². The molecule has 1 aromatic heterocycles. The van der Waals surface area contributed by atoms with Gasteiger partial charge in [0.15, 0.2) is 5.16 Å². The van der Waals surface area contributed by atoms with Gasteiger partial charge in [-0.3, -0.25) is 0 Å². The first kappa shape index (κ1) is 22.4. The molecule has 1 atom stereocenters. The molecule has 0 aliphatic heterocycles. The van der Waals surface area contributed by atoms with E-state index in [1.165, 1.54) is 18.9 Å². The van der Waals surface area contributed by atoms with E-state index in [-0.39, 0.29) is 0 Å². The zero-order valence-electron chi connectivity index (χ0n) is 17.2.